The lowest BCUT2D eigenvalue weighted by molar-refractivity contribution is -0.140. The number of hydrogen-bond acceptors (Lipinski definition) is 10. The number of nitrogens with one attached hydrogen (secondary N) is 5. The molecule has 2 rings (SSSR count). The van der Waals surface area contributed by atoms with E-state index in [0.29, 0.717) is 6.42 Å². The van der Waals surface area contributed by atoms with Gasteiger partial charge in [0.05, 0.1) is 12.2 Å². The van der Waals surface area contributed by atoms with Crippen molar-refractivity contribution in [2.24, 2.45) is 17.8 Å². The molecule has 6 N–H and O–H groups in total. The van der Waals surface area contributed by atoms with E-state index in [-0.39, 0.29) is 42.7 Å². The van der Waals surface area contributed by atoms with Crippen molar-refractivity contribution in [3.05, 3.63) is 24.3 Å². The van der Waals surface area contributed by atoms with E-state index in [1.54, 1.807) is 13.8 Å². The fraction of sp³-hybridized carbons (Fsp3) is 0.688. The van der Waals surface area contributed by atoms with Crippen LogP contribution in [0.25, 0.3) is 0 Å². The highest BCUT2D eigenvalue weighted by atomic mass is 32.2. The number of carbonyl (C=O) groups is 6. The summed E-state index contributed by atoms with van der Waals surface area (Å²) in [4.78, 5) is 86.9. The van der Waals surface area contributed by atoms with Crippen LogP contribution >= 0.6 is 0 Å². The minimum absolute atomic E-state index is 0.00157. The molecule has 1 fully saturated rings. The summed E-state index contributed by atoms with van der Waals surface area (Å²) in [5.41, 5.74) is 0.0246. The van der Waals surface area contributed by atoms with Crippen LogP contribution in [0.2, 0.25) is 0 Å². The van der Waals surface area contributed by atoms with Crippen molar-refractivity contribution in [3.8, 4) is 0 Å². The smallest absolute Gasteiger partial charge is 0.290 e. The molecule has 274 valence electrons. The number of carbonyl (C=O) groups excluding carboxylic acids is 6. The van der Waals surface area contributed by atoms with Gasteiger partial charge in [0, 0.05) is 12.4 Å². The molecule has 1 heterocycles. The Morgan fingerprint density at radius 1 is 0.837 bits per heavy atom. The molecule has 5 amide bonds. The molecule has 0 bridgehead atoms. The molecule has 1 aromatic heterocycles. The van der Waals surface area contributed by atoms with Gasteiger partial charge in [-0.05, 0) is 37.0 Å². The Hall–Kier alpha value is -3.99. The molecule has 1 aliphatic rings. The van der Waals surface area contributed by atoms with Crippen molar-refractivity contribution >= 4 is 45.4 Å². The van der Waals surface area contributed by atoms with Crippen LogP contribution in [-0.2, 0) is 34.1 Å². The van der Waals surface area contributed by atoms with Crippen LogP contribution in [0.5, 0.6) is 0 Å². The topological polar surface area (TPSA) is 243 Å². The van der Waals surface area contributed by atoms with E-state index >= 15 is 0 Å². The monoisotopic (exact) mass is 709 g/mol. The molecule has 0 aliphatic heterocycles. The Morgan fingerprint density at radius 3 is 2.02 bits per heavy atom. The first-order chi connectivity index (χ1) is 23.1. The lowest BCUT2D eigenvalue weighted by Gasteiger charge is -2.31. The normalized spacial score (nSPS) is 16.7. The first-order valence-electron chi connectivity index (χ1n) is 16.8. The Balaban J connectivity index is 2.27. The predicted octanol–water partition coefficient (Wildman–Crippen LogP) is 1.03. The second-order valence-corrected chi connectivity index (χ2v) is 14.4. The Morgan fingerprint density at radius 2 is 1.47 bits per heavy atom. The van der Waals surface area contributed by atoms with Gasteiger partial charge in [-0.25, -0.2) is 4.98 Å². The minimum atomic E-state index is -4.58. The number of Topliss-reactive ketones (excluding diaryl/α,β-unsaturated/α-hetero) is 1. The van der Waals surface area contributed by atoms with Gasteiger partial charge in [0.15, 0.2) is 0 Å². The number of nitrogens with zero attached hydrogens (tertiary/aromatic N) is 2. The van der Waals surface area contributed by atoms with Gasteiger partial charge in [0.1, 0.15) is 29.7 Å². The summed E-state index contributed by atoms with van der Waals surface area (Å²) in [6.45, 7) is 8.92. The number of rotatable bonds is 19. The quantitative estimate of drug-likeness (QED) is 0.0875. The third-order valence-corrected chi connectivity index (χ3v) is 9.03. The summed E-state index contributed by atoms with van der Waals surface area (Å²) < 4.78 is 30.9. The van der Waals surface area contributed by atoms with Crippen LogP contribution in [0.3, 0.4) is 0 Å². The molecule has 1 saturated carbocycles. The van der Waals surface area contributed by atoms with E-state index < -0.39 is 75.5 Å². The van der Waals surface area contributed by atoms with Crippen molar-refractivity contribution in [2.45, 2.75) is 117 Å². The first-order valence-corrected chi connectivity index (χ1v) is 18.4. The summed E-state index contributed by atoms with van der Waals surface area (Å²) in [6.07, 6.45) is 9.67. The fourth-order valence-corrected chi connectivity index (χ4v) is 5.90. The van der Waals surface area contributed by atoms with Gasteiger partial charge in [0.2, 0.25) is 23.5 Å². The van der Waals surface area contributed by atoms with E-state index in [1.807, 2.05) is 26.1 Å². The summed E-state index contributed by atoms with van der Waals surface area (Å²) in [6, 6.07) is -4.54. The van der Waals surface area contributed by atoms with Gasteiger partial charge in [0.25, 0.3) is 21.9 Å². The van der Waals surface area contributed by atoms with Gasteiger partial charge >= 0.3 is 0 Å². The predicted molar refractivity (Wildman–Crippen MR) is 179 cm³/mol. The van der Waals surface area contributed by atoms with Crippen LogP contribution in [0.15, 0.2) is 18.6 Å². The third-order valence-electron chi connectivity index (χ3n) is 8.52. The zero-order valence-corrected chi connectivity index (χ0v) is 29.7. The zero-order chi connectivity index (χ0) is 36.7. The summed E-state index contributed by atoms with van der Waals surface area (Å²) in [5.74, 6) is -6.42. The average Bonchev–Trinajstić information content (AvgIpc) is 3.07. The molecule has 16 nitrogen and oxygen atoms in total. The van der Waals surface area contributed by atoms with Crippen molar-refractivity contribution in [1.82, 2.24) is 36.6 Å². The summed E-state index contributed by atoms with van der Waals surface area (Å²) in [5, 5.41) is 12.6. The van der Waals surface area contributed by atoms with E-state index in [1.165, 1.54) is 18.6 Å². The molecule has 1 unspecified atom stereocenters. The number of ketones is 1. The minimum Gasteiger partial charge on any atom is -0.344 e. The van der Waals surface area contributed by atoms with E-state index in [0.717, 1.165) is 32.1 Å². The molecule has 0 saturated heterocycles. The molecule has 17 heteroatoms. The summed E-state index contributed by atoms with van der Waals surface area (Å²) >= 11 is 0. The number of hydrogen-bond donors (Lipinski definition) is 6. The maximum absolute atomic E-state index is 13.9. The van der Waals surface area contributed by atoms with Crippen LogP contribution in [0.1, 0.15) is 103 Å². The second-order valence-electron chi connectivity index (χ2n) is 13.0. The molecule has 5 atom stereocenters. The molecule has 1 aliphatic carbocycles. The molecule has 0 aromatic carbocycles. The number of amides is 5. The molecular weight excluding hydrogens is 658 g/mol. The van der Waals surface area contributed by atoms with Crippen molar-refractivity contribution in [3.63, 3.8) is 0 Å². The Bertz CT molecular complexity index is 1400. The van der Waals surface area contributed by atoms with Crippen molar-refractivity contribution < 1.29 is 41.7 Å². The fourth-order valence-electron chi connectivity index (χ4n) is 5.58. The van der Waals surface area contributed by atoms with Gasteiger partial charge in [-0.3, -0.25) is 38.3 Å². The lowest BCUT2D eigenvalue weighted by Crippen LogP contribution is -2.60. The van der Waals surface area contributed by atoms with Gasteiger partial charge in [-0.1, -0.05) is 73.1 Å². The average molecular weight is 710 g/mol. The van der Waals surface area contributed by atoms with Crippen LogP contribution < -0.4 is 26.6 Å². The van der Waals surface area contributed by atoms with Gasteiger partial charge in [-0.15, -0.1) is 0 Å². The largest absolute Gasteiger partial charge is 0.344 e. The first kappa shape index (κ1) is 41.2. The van der Waals surface area contributed by atoms with E-state index in [2.05, 4.69) is 31.2 Å². The molecule has 1 aromatic rings. The van der Waals surface area contributed by atoms with Crippen LogP contribution in [0.4, 0.5) is 0 Å². The van der Waals surface area contributed by atoms with Crippen LogP contribution in [0, 0.1) is 17.8 Å². The summed E-state index contributed by atoms with van der Waals surface area (Å²) in [7, 11) is -4.58. The second kappa shape index (κ2) is 19.9. The third kappa shape index (κ3) is 14.2. The highest BCUT2D eigenvalue weighted by Crippen LogP contribution is 2.27. The maximum Gasteiger partial charge on any atom is 0.290 e. The van der Waals surface area contributed by atoms with Gasteiger partial charge in [-0.2, -0.15) is 8.42 Å². The SMILES string of the molecule is CCC(NC(=O)[C@H](CC1CCCCC1)NC(=O)[C@@H](NC(=O)[C@H](CC(C)C)NC(=O)c1cnccn1)[C@@H](C)CC)C(=O)C(=O)NCS(=O)(=O)O. The lowest BCUT2D eigenvalue weighted by atomic mass is 9.84. The Labute approximate surface area is 287 Å². The molecule has 0 radical (unpaired) electrons. The van der Waals surface area contributed by atoms with Crippen molar-refractivity contribution in [1.29, 1.82) is 0 Å². The van der Waals surface area contributed by atoms with E-state index in [4.69, 9.17) is 4.55 Å². The molecular formula is C32H51N7O9S. The zero-order valence-electron chi connectivity index (χ0n) is 28.9. The Kier molecular flexibility index (Phi) is 16.7. The standard InChI is InChI=1S/C32H51N7O9S/c1-6-20(5)26(39-29(42)23(15-19(3)4)37-30(43)25-17-33-13-14-34-25)31(44)38-24(16-21-11-9-8-10-12-21)28(41)36-22(7-2)27(40)32(45)35-18-49(46,47)48/h13-14,17,19-24,26H,6-12,15-16,18H2,1-5H3,(H,35,45)(H,36,41)(H,37,43)(H,38,44)(H,39,42)(H,46,47,48)/t20-,22?,23-,24-,26-/m0/s1. The highest BCUT2D eigenvalue weighted by molar-refractivity contribution is 7.85. The van der Waals surface area contributed by atoms with Crippen molar-refractivity contribution in [2.75, 3.05) is 5.88 Å². The maximum atomic E-state index is 13.9. The molecule has 0 spiro atoms. The molecule has 49 heavy (non-hydrogen) atoms. The van der Waals surface area contributed by atoms with Crippen LogP contribution in [-0.4, -0.2) is 88.3 Å². The highest BCUT2D eigenvalue weighted by Gasteiger charge is 2.35. The van der Waals surface area contributed by atoms with E-state index in [9.17, 15) is 37.2 Å². The number of aromatic nitrogens is 2. The van der Waals surface area contributed by atoms with Gasteiger partial charge < -0.3 is 26.6 Å².